The summed E-state index contributed by atoms with van der Waals surface area (Å²) < 4.78 is 0. The first-order chi connectivity index (χ1) is 7.20. The zero-order chi connectivity index (χ0) is 10.8. The van der Waals surface area contributed by atoms with Crippen molar-refractivity contribution in [2.75, 3.05) is 18.0 Å². The SMILES string of the molecule is NCc1ccnc(N2CC(O)C(O)C2)n1. The molecule has 2 unspecified atom stereocenters. The Morgan fingerprint density at radius 2 is 2.07 bits per heavy atom. The molecule has 1 aromatic heterocycles. The molecule has 0 aromatic carbocycles. The van der Waals surface area contributed by atoms with Gasteiger partial charge in [0.15, 0.2) is 0 Å². The smallest absolute Gasteiger partial charge is 0.225 e. The third-order valence-corrected chi connectivity index (χ3v) is 2.45. The number of nitrogens with zero attached hydrogens (tertiary/aromatic N) is 3. The van der Waals surface area contributed by atoms with Crippen molar-refractivity contribution in [3.63, 3.8) is 0 Å². The number of aliphatic hydroxyl groups excluding tert-OH is 2. The van der Waals surface area contributed by atoms with Crippen LogP contribution < -0.4 is 10.6 Å². The van der Waals surface area contributed by atoms with Crippen molar-refractivity contribution in [2.45, 2.75) is 18.8 Å². The molecule has 2 atom stereocenters. The van der Waals surface area contributed by atoms with Gasteiger partial charge in [-0.05, 0) is 6.07 Å². The van der Waals surface area contributed by atoms with Gasteiger partial charge in [0, 0.05) is 25.8 Å². The molecule has 4 N–H and O–H groups in total. The third-order valence-electron chi connectivity index (χ3n) is 2.45. The van der Waals surface area contributed by atoms with Crippen molar-refractivity contribution < 1.29 is 10.2 Å². The summed E-state index contributed by atoms with van der Waals surface area (Å²) in [6.07, 6.45) is 0.173. The summed E-state index contributed by atoms with van der Waals surface area (Å²) in [4.78, 5) is 10.0. The normalized spacial score (nSPS) is 25.9. The van der Waals surface area contributed by atoms with E-state index in [1.54, 1.807) is 17.2 Å². The number of nitrogens with two attached hydrogens (primary N) is 1. The van der Waals surface area contributed by atoms with Gasteiger partial charge in [0.2, 0.25) is 5.95 Å². The van der Waals surface area contributed by atoms with Crippen molar-refractivity contribution in [1.29, 1.82) is 0 Å². The average Bonchev–Trinajstić information content (AvgIpc) is 2.59. The maximum atomic E-state index is 9.38. The van der Waals surface area contributed by atoms with Crippen molar-refractivity contribution in [3.8, 4) is 0 Å². The molecule has 1 aliphatic heterocycles. The summed E-state index contributed by atoms with van der Waals surface area (Å²) in [6, 6.07) is 1.74. The van der Waals surface area contributed by atoms with Gasteiger partial charge in [-0.3, -0.25) is 0 Å². The third kappa shape index (κ3) is 2.06. The van der Waals surface area contributed by atoms with E-state index in [9.17, 15) is 10.2 Å². The summed E-state index contributed by atoms with van der Waals surface area (Å²) >= 11 is 0. The molecule has 0 radical (unpaired) electrons. The Morgan fingerprint density at radius 1 is 1.40 bits per heavy atom. The highest BCUT2D eigenvalue weighted by atomic mass is 16.3. The van der Waals surface area contributed by atoms with Crippen LogP contribution in [0, 0.1) is 0 Å². The van der Waals surface area contributed by atoms with Crippen molar-refractivity contribution in [1.82, 2.24) is 9.97 Å². The first-order valence-electron chi connectivity index (χ1n) is 4.84. The Morgan fingerprint density at radius 3 is 2.67 bits per heavy atom. The Labute approximate surface area is 87.4 Å². The molecule has 2 heterocycles. The number of rotatable bonds is 2. The van der Waals surface area contributed by atoms with Crippen molar-refractivity contribution in [2.24, 2.45) is 5.73 Å². The highest BCUT2D eigenvalue weighted by Gasteiger charge is 2.30. The summed E-state index contributed by atoms with van der Waals surface area (Å²) in [6.45, 7) is 1.07. The van der Waals surface area contributed by atoms with Gasteiger partial charge in [0.25, 0.3) is 0 Å². The van der Waals surface area contributed by atoms with Crippen LogP contribution in [0.1, 0.15) is 5.69 Å². The van der Waals surface area contributed by atoms with Crippen LogP contribution in [0.5, 0.6) is 0 Å². The van der Waals surface area contributed by atoms with E-state index in [-0.39, 0.29) is 0 Å². The van der Waals surface area contributed by atoms with Crippen molar-refractivity contribution >= 4 is 5.95 Å². The Bertz CT molecular complexity index is 337. The second kappa shape index (κ2) is 4.09. The largest absolute Gasteiger partial charge is 0.388 e. The molecule has 2 rings (SSSR count). The van der Waals surface area contributed by atoms with Gasteiger partial charge in [-0.1, -0.05) is 0 Å². The number of aromatic nitrogens is 2. The van der Waals surface area contributed by atoms with E-state index in [2.05, 4.69) is 9.97 Å². The minimum absolute atomic E-state index is 0.356. The van der Waals surface area contributed by atoms with Gasteiger partial charge < -0.3 is 20.8 Å². The van der Waals surface area contributed by atoms with E-state index in [0.29, 0.717) is 25.6 Å². The van der Waals surface area contributed by atoms with Crippen LogP contribution in [0.2, 0.25) is 0 Å². The molecule has 82 valence electrons. The molecule has 15 heavy (non-hydrogen) atoms. The number of hydrogen-bond donors (Lipinski definition) is 3. The second-order valence-electron chi connectivity index (χ2n) is 3.59. The Balaban J connectivity index is 2.16. The number of aliphatic hydroxyl groups is 2. The number of anilines is 1. The fourth-order valence-electron chi connectivity index (χ4n) is 1.58. The average molecular weight is 210 g/mol. The van der Waals surface area contributed by atoms with Crippen LogP contribution in [0.25, 0.3) is 0 Å². The second-order valence-corrected chi connectivity index (χ2v) is 3.59. The zero-order valence-corrected chi connectivity index (χ0v) is 8.24. The highest BCUT2D eigenvalue weighted by Crippen LogP contribution is 2.16. The van der Waals surface area contributed by atoms with E-state index < -0.39 is 12.2 Å². The summed E-state index contributed by atoms with van der Waals surface area (Å²) in [5, 5.41) is 18.8. The lowest BCUT2D eigenvalue weighted by Crippen LogP contribution is -2.23. The van der Waals surface area contributed by atoms with Gasteiger partial charge in [-0.25, -0.2) is 9.97 Å². The van der Waals surface area contributed by atoms with Crippen molar-refractivity contribution in [3.05, 3.63) is 18.0 Å². The minimum atomic E-state index is -0.727. The van der Waals surface area contributed by atoms with Crippen LogP contribution in [0.4, 0.5) is 5.95 Å². The molecule has 1 aliphatic rings. The van der Waals surface area contributed by atoms with E-state index in [4.69, 9.17) is 5.73 Å². The van der Waals surface area contributed by atoms with E-state index >= 15 is 0 Å². The molecule has 0 bridgehead atoms. The molecular weight excluding hydrogens is 196 g/mol. The summed E-state index contributed by atoms with van der Waals surface area (Å²) in [5.74, 6) is 0.508. The molecule has 0 spiro atoms. The lowest BCUT2D eigenvalue weighted by Gasteiger charge is -2.15. The van der Waals surface area contributed by atoms with E-state index in [1.165, 1.54) is 0 Å². The topological polar surface area (TPSA) is 95.5 Å². The Kier molecular flexibility index (Phi) is 2.81. The van der Waals surface area contributed by atoms with E-state index in [1.807, 2.05) is 0 Å². The molecule has 1 saturated heterocycles. The van der Waals surface area contributed by atoms with Gasteiger partial charge >= 0.3 is 0 Å². The molecule has 1 fully saturated rings. The predicted molar refractivity (Wildman–Crippen MR) is 54.2 cm³/mol. The van der Waals surface area contributed by atoms with Crippen LogP contribution in [-0.4, -0.2) is 45.5 Å². The zero-order valence-electron chi connectivity index (χ0n) is 8.24. The minimum Gasteiger partial charge on any atom is -0.388 e. The highest BCUT2D eigenvalue weighted by molar-refractivity contribution is 5.33. The molecule has 0 saturated carbocycles. The predicted octanol–water partition coefficient (Wildman–Crippen LogP) is -1.52. The lowest BCUT2D eigenvalue weighted by molar-refractivity contribution is 0.0572. The molecule has 0 amide bonds. The van der Waals surface area contributed by atoms with Gasteiger partial charge in [0.05, 0.1) is 17.9 Å². The monoisotopic (exact) mass is 210 g/mol. The first kappa shape index (κ1) is 10.3. The van der Waals surface area contributed by atoms with Crippen LogP contribution >= 0.6 is 0 Å². The number of hydrogen-bond acceptors (Lipinski definition) is 6. The van der Waals surface area contributed by atoms with Crippen LogP contribution in [0.15, 0.2) is 12.3 Å². The fraction of sp³-hybridized carbons (Fsp3) is 0.556. The maximum Gasteiger partial charge on any atom is 0.225 e. The number of β-amino-alcohol motifs (C(OH)–C–C–N with tert-alkyl or cyclic N) is 2. The van der Waals surface area contributed by atoms with Crippen LogP contribution in [0.3, 0.4) is 0 Å². The van der Waals surface area contributed by atoms with Gasteiger partial charge in [0.1, 0.15) is 0 Å². The standard InChI is InChI=1S/C9H14N4O2/c10-3-6-1-2-11-9(12-6)13-4-7(14)8(15)5-13/h1-2,7-8,14-15H,3-5,10H2. The van der Waals surface area contributed by atoms with Gasteiger partial charge in [-0.2, -0.15) is 0 Å². The fourth-order valence-corrected chi connectivity index (χ4v) is 1.58. The van der Waals surface area contributed by atoms with Gasteiger partial charge in [-0.15, -0.1) is 0 Å². The Hall–Kier alpha value is -1.24. The molecule has 6 nitrogen and oxygen atoms in total. The first-order valence-corrected chi connectivity index (χ1v) is 4.84. The maximum absolute atomic E-state index is 9.38. The summed E-state index contributed by atoms with van der Waals surface area (Å²) in [5.41, 5.74) is 6.21. The molecule has 6 heteroatoms. The van der Waals surface area contributed by atoms with Crippen LogP contribution in [-0.2, 0) is 6.54 Å². The lowest BCUT2D eigenvalue weighted by atomic mass is 10.3. The van der Waals surface area contributed by atoms with E-state index in [0.717, 1.165) is 5.69 Å². The molecule has 1 aromatic rings. The summed E-state index contributed by atoms with van der Waals surface area (Å²) in [7, 11) is 0. The quantitative estimate of drug-likeness (QED) is 0.548. The molecular formula is C9H14N4O2. The molecule has 0 aliphatic carbocycles.